The largest absolute Gasteiger partial charge is 0.388 e. The van der Waals surface area contributed by atoms with Crippen LogP contribution in [0.5, 0.6) is 0 Å². The maximum absolute atomic E-state index is 13.1. The van der Waals surface area contributed by atoms with E-state index in [1.165, 1.54) is 0 Å². The third-order valence-corrected chi connectivity index (χ3v) is 4.66. The van der Waals surface area contributed by atoms with Crippen LogP contribution in [0.2, 0.25) is 0 Å². The van der Waals surface area contributed by atoms with Crippen molar-refractivity contribution in [3.05, 3.63) is 58.7 Å². The van der Waals surface area contributed by atoms with Gasteiger partial charge in [0.1, 0.15) is 0 Å². The van der Waals surface area contributed by atoms with Gasteiger partial charge in [0, 0.05) is 42.5 Å². The molecule has 0 unspecified atom stereocenters. The summed E-state index contributed by atoms with van der Waals surface area (Å²) in [6, 6.07) is 10.8. The fourth-order valence-corrected chi connectivity index (χ4v) is 3.37. The molecule has 2 N–H and O–H groups in total. The number of nitrogens with zero attached hydrogens (tertiary/aromatic N) is 1. The first-order chi connectivity index (χ1) is 12.3. The van der Waals surface area contributed by atoms with E-state index in [2.05, 4.69) is 31.8 Å². The first-order valence-electron chi connectivity index (χ1n) is 8.91. The number of ketones is 2. The first kappa shape index (κ1) is 18.1. The Labute approximate surface area is 154 Å². The Morgan fingerprint density at radius 1 is 0.846 bits per heavy atom. The molecule has 0 fully saturated rings. The van der Waals surface area contributed by atoms with E-state index in [9.17, 15) is 9.59 Å². The first-order valence-corrected chi connectivity index (χ1v) is 8.91. The van der Waals surface area contributed by atoms with Gasteiger partial charge in [0.25, 0.3) is 0 Å². The predicted octanol–water partition coefficient (Wildman–Crippen LogP) is 3.01. The fraction of sp³-hybridized carbons (Fsp3) is 0.333. The van der Waals surface area contributed by atoms with Gasteiger partial charge in [-0.2, -0.15) is 0 Å². The Hall–Kier alpha value is -2.66. The summed E-state index contributed by atoms with van der Waals surface area (Å²) in [7, 11) is 8.23. The topological polar surface area (TPSA) is 58.2 Å². The van der Waals surface area contributed by atoms with Crippen LogP contribution in [0.25, 0.3) is 0 Å². The second kappa shape index (κ2) is 6.92. The minimum atomic E-state index is -0.102. The second-order valence-corrected chi connectivity index (χ2v) is 7.66. The number of carbonyl (C=O) groups excluding carboxylic acids is 2. The zero-order valence-corrected chi connectivity index (χ0v) is 15.8. The molecule has 0 aliphatic heterocycles. The molecule has 3 rings (SSSR count). The highest BCUT2D eigenvalue weighted by atomic mass is 16.1. The standard InChI is InChI=1S/C21H25N3O2/c1-22-16-10-5-8-14-18(16)20(25)15-9-6-11-17(19(15)21(14)26)23-12-7-13-24(2,3)4/h5-6,8-11H,7,12-13H2,1-4H3,(H-,22,23,25,26)/p+1. The molecular weight excluding hydrogens is 326 g/mol. The van der Waals surface area contributed by atoms with E-state index in [1.54, 1.807) is 25.2 Å². The highest BCUT2D eigenvalue weighted by molar-refractivity contribution is 6.31. The highest BCUT2D eigenvalue weighted by Gasteiger charge is 2.33. The van der Waals surface area contributed by atoms with Crippen molar-refractivity contribution >= 4 is 22.9 Å². The Kier molecular flexibility index (Phi) is 4.83. The van der Waals surface area contributed by atoms with Crippen molar-refractivity contribution in [3.63, 3.8) is 0 Å². The van der Waals surface area contributed by atoms with Crippen LogP contribution in [-0.4, -0.2) is 57.3 Å². The summed E-state index contributed by atoms with van der Waals surface area (Å²) in [4.78, 5) is 26.1. The minimum Gasteiger partial charge on any atom is -0.388 e. The second-order valence-electron chi connectivity index (χ2n) is 7.66. The van der Waals surface area contributed by atoms with Crippen molar-refractivity contribution in [3.8, 4) is 0 Å². The summed E-state index contributed by atoms with van der Waals surface area (Å²) in [5.41, 5.74) is 3.32. The maximum Gasteiger partial charge on any atom is 0.196 e. The van der Waals surface area contributed by atoms with E-state index in [0.717, 1.165) is 29.7 Å². The molecule has 0 radical (unpaired) electrons. The molecule has 26 heavy (non-hydrogen) atoms. The van der Waals surface area contributed by atoms with E-state index in [4.69, 9.17) is 0 Å². The minimum absolute atomic E-state index is 0.0959. The molecule has 0 saturated heterocycles. The molecule has 0 atom stereocenters. The van der Waals surface area contributed by atoms with Gasteiger partial charge in [-0.25, -0.2) is 0 Å². The summed E-state index contributed by atoms with van der Waals surface area (Å²) in [5.74, 6) is -0.198. The predicted molar refractivity (Wildman–Crippen MR) is 105 cm³/mol. The maximum atomic E-state index is 13.1. The number of anilines is 2. The van der Waals surface area contributed by atoms with E-state index >= 15 is 0 Å². The van der Waals surface area contributed by atoms with Crippen LogP contribution >= 0.6 is 0 Å². The van der Waals surface area contributed by atoms with Crippen LogP contribution in [0, 0.1) is 0 Å². The number of benzene rings is 2. The third kappa shape index (κ3) is 3.35. The highest BCUT2D eigenvalue weighted by Crippen LogP contribution is 2.35. The molecule has 1 aliphatic carbocycles. The van der Waals surface area contributed by atoms with Gasteiger partial charge in [0.05, 0.1) is 38.8 Å². The molecule has 0 amide bonds. The molecular formula is C21H26N3O2+. The van der Waals surface area contributed by atoms with Gasteiger partial charge < -0.3 is 15.1 Å². The number of carbonyl (C=O) groups is 2. The monoisotopic (exact) mass is 352 g/mol. The summed E-state index contributed by atoms with van der Waals surface area (Å²) in [6.45, 7) is 1.79. The molecule has 1 aliphatic rings. The van der Waals surface area contributed by atoms with Crippen molar-refractivity contribution in [1.82, 2.24) is 0 Å². The molecule has 5 heteroatoms. The van der Waals surface area contributed by atoms with Gasteiger partial charge in [-0.15, -0.1) is 0 Å². The van der Waals surface area contributed by atoms with E-state index < -0.39 is 0 Å². The average molecular weight is 352 g/mol. The number of hydrogen-bond donors (Lipinski definition) is 2. The molecule has 136 valence electrons. The quantitative estimate of drug-likeness (QED) is 0.529. The molecule has 5 nitrogen and oxygen atoms in total. The van der Waals surface area contributed by atoms with Gasteiger partial charge in [0.2, 0.25) is 0 Å². The number of fused-ring (bicyclic) bond motifs is 2. The van der Waals surface area contributed by atoms with Crippen LogP contribution in [0.15, 0.2) is 36.4 Å². The lowest BCUT2D eigenvalue weighted by Gasteiger charge is -2.25. The summed E-state index contributed by atoms with van der Waals surface area (Å²) in [5, 5.41) is 6.37. The van der Waals surface area contributed by atoms with Crippen LogP contribution < -0.4 is 10.6 Å². The Morgan fingerprint density at radius 2 is 1.38 bits per heavy atom. The fourth-order valence-electron chi connectivity index (χ4n) is 3.37. The van der Waals surface area contributed by atoms with Gasteiger partial charge in [-0.3, -0.25) is 9.59 Å². The van der Waals surface area contributed by atoms with E-state index in [0.29, 0.717) is 27.9 Å². The van der Waals surface area contributed by atoms with Gasteiger partial charge >= 0.3 is 0 Å². The third-order valence-electron chi connectivity index (χ3n) is 4.66. The summed E-state index contributed by atoms with van der Waals surface area (Å²) < 4.78 is 0.895. The van der Waals surface area contributed by atoms with Gasteiger partial charge in [0.15, 0.2) is 11.6 Å². The molecule has 2 aromatic rings. The van der Waals surface area contributed by atoms with Crippen molar-refractivity contribution < 1.29 is 14.1 Å². The van der Waals surface area contributed by atoms with E-state index in [-0.39, 0.29) is 11.6 Å². The Bertz CT molecular complexity index is 866. The Balaban J connectivity index is 1.93. The summed E-state index contributed by atoms with van der Waals surface area (Å²) >= 11 is 0. The van der Waals surface area contributed by atoms with Gasteiger partial charge in [-0.05, 0) is 12.1 Å². The van der Waals surface area contributed by atoms with Crippen molar-refractivity contribution in [2.24, 2.45) is 0 Å². The van der Waals surface area contributed by atoms with Crippen LogP contribution in [0.3, 0.4) is 0 Å². The van der Waals surface area contributed by atoms with Crippen molar-refractivity contribution in [2.75, 3.05) is 51.9 Å². The molecule has 0 aromatic heterocycles. The smallest absolute Gasteiger partial charge is 0.196 e. The van der Waals surface area contributed by atoms with E-state index in [1.807, 2.05) is 18.2 Å². The summed E-state index contributed by atoms with van der Waals surface area (Å²) in [6.07, 6.45) is 0.982. The molecule has 0 saturated carbocycles. The average Bonchev–Trinajstić information content (AvgIpc) is 2.61. The lowest BCUT2D eigenvalue weighted by Crippen LogP contribution is -2.36. The van der Waals surface area contributed by atoms with Crippen LogP contribution in [0.1, 0.15) is 38.3 Å². The van der Waals surface area contributed by atoms with Crippen LogP contribution in [-0.2, 0) is 0 Å². The number of quaternary nitrogens is 1. The Morgan fingerprint density at radius 3 is 1.92 bits per heavy atom. The number of hydrogen-bond acceptors (Lipinski definition) is 4. The SMILES string of the molecule is CNc1cccc2c1C(=O)c1cccc(NCCC[N+](C)(C)C)c1C2=O. The normalized spacial score (nSPS) is 13.2. The molecule has 0 bridgehead atoms. The van der Waals surface area contributed by atoms with Crippen molar-refractivity contribution in [1.29, 1.82) is 0 Å². The number of rotatable bonds is 6. The van der Waals surface area contributed by atoms with Gasteiger partial charge in [-0.1, -0.05) is 24.3 Å². The lowest BCUT2D eigenvalue weighted by atomic mass is 9.82. The molecule has 2 aromatic carbocycles. The zero-order chi connectivity index (χ0) is 18.9. The lowest BCUT2D eigenvalue weighted by molar-refractivity contribution is -0.870. The zero-order valence-electron chi connectivity index (χ0n) is 15.8. The number of nitrogens with one attached hydrogen (secondary N) is 2. The molecule has 0 spiro atoms. The van der Waals surface area contributed by atoms with Crippen LogP contribution in [0.4, 0.5) is 11.4 Å². The molecule has 0 heterocycles. The van der Waals surface area contributed by atoms with Crippen molar-refractivity contribution in [2.45, 2.75) is 6.42 Å².